The first kappa shape index (κ1) is 13.9. The number of anilines is 2. The van der Waals surface area contributed by atoms with E-state index in [9.17, 15) is 0 Å². The molecule has 1 atom stereocenters. The number of nitrogens with one attached hydrogen (secondary N) is 1. The van der Waals surface area contributed by atoms with Crippen LogP contribution in [0.3, 0.4) is 0 Å². The minimum atomic E-state index is 0.673. The molecule has 2 rings (SSSR count). The molecule has 100 valence electrons. The molecule has 0 aromatic heterocycles. The van der Waals surface area contributed by atoms with E-state index in [2.05, 4.69) is 52.7 Å². The maximum Gasteiger partial charge on any atom is 0.0477 e. The van der Waals surface area contributed by atoms with E-state index in [1.54, 1.807) is 0 Å². The molecule has 1 fully saturated rings. The number of nitrogens with two attached hydrogens (primary N) is 1. The molecule has 1 heterocycles. The molecule has 1 aliphatic heterocycles. The monoisotopic (exact) mass is 359 g/mol. The van der Waals surface area contributed by atoms with Gasteiger partial charge in [-0.05, 0) is 73.5 Å². The van der Waals surface area contributed by atoms with Crippen LogP contribution in [-0.4, -0.2) is 30.6 Å². The quantitative estimate of drug-likeness (QED) is 0.642. The fourth-order valence-corrected chi connectivity index (χ4v) is 3.16. The van der Waals surface area contributed by atoms with Crippen LogP contribution in [0.15, 0.2) is 18.2 Å². The molecule has 4 heteroatoms. The Kier molecular flexibility index (Phi) is 4.72. The van der Waals surface area contributed by atoms with Gasteiger partial charge < -0.3 is 16.0 Å². The van der Waals surface area contributed by atoms with Crippen molar-refractivity contribution in [1.82, 2.24) is 4.90 Å². The summed E-state index contributed by atoms with van der Waals surface area (Å²) in [6, 6.07) is 6.72. The van der Waals surface area contributed by atoms with Crippen LogP contribution in [-0.2, 0) is 0 Å². The molecule has 18 heavy (non-hydrogen) atoms. The van der Waals surface area contributed by atoms with Crippen molar-refractivity contribution in [2.75, 3.05) is 30.7 Å². The van der Waals surface area contributed by atoms with Crippen LogP contribution in [0, 0.1) is 9.49 Å². The minimum Gasteiger partial charge on any atom is -0.399 e. The third-order valence-corrected chi connectivity index (χ3v) is 4.51. The Morgan fingerprint density at radius 3 is 2.89 bits per heavy atom. The lowest BCUT2D eigenvalue weighted by molar-refractivity contribution is 0.266. The smallest absolute Gasteiger partial charge is 0.0477 e. The predicted molar refractivity (Wildman–Crippen MR) is 86.9 cm³/mol. The minimum absolute atomic E-state index is 0.673. The Labute approximate surface area is 123 Å². The Bertz CT molecular complexity index is 406. The average molecular weight is 359 g/mol. The summed E-state index contributed by atoms with van der Waals surface area (Å²) in [5.41, 5.74) is 7.79. The Hall–Kier alpha value is -0.490. The van der Waals surface area contributed by atoms with Gasteiger partial charge in [-0.1, -0.05) is 0 Å². The fourth-order valence-electron chi connectivity index (χ4n) is 2.43. The highest BCUT2D eigenvalue weighted by Gasteiger charge is 2.23. The van der Waals surface area contributed by atoms with Crippen molar-refractivity contribution in [3.8, 4) is 0 Å². The molecular formula is C14H22IN3. The van der Waals surface area contributed by atoms with Gasteiger partial charge in [-0.3, -0.25) is 0 Å². The van der Waals surface area contributed by atoms with E-state index in [4.69, 9.17) is 5.73 Å². The van der Waals surface area contributed by atoms with E-state index in [1.165, 1.54) is 28.8 Å². The summed E-state index contributed by atoms with van der Waals surface area (Å²) in [7, 11) is 0. The summed E-state index contributed by atoms with van der Waals surface area (Å²) in [6.07, 6.45) is 1.30. The number of halogens is 1. The molecule has 0 amide bonds. The second kappa shape index (κ2) is 6.10. The highest BCUT2D eigenvalue weighted by Crippen LogP contribution is 2.23. The first-order valence-corrected chi connectivity index (χ1v) is 7.67. The number of likely N-dealkylation sites (tertiary alicyclic amines) is 1. The number of hydrogen-bond acceptors (Lipinski definition) is 3. The van der Waals surface area contributed by atoms with E-state index in [1.807, 2.05) is 12.1 Å². The van der Waals surface area contributed by atoms with E-state index >= 15 is 0 Å². The maximum atomic E-state index is 5.76. The van der Waals surface area contributed by atoms with Gasteiger partial charge >= 0.3 is 0 Å². The third-order valence-electron chi connectivity index (χ3n) is 3.62. The van der Waals surface area contributed by atoms with E-state index in [0.717, 1.165) is 18.2 Å². The van der Waals surface area contributed by atoms with Gasteiger partial charge in [0, 0.05) is 34.1 Å². The lowest BCUT2D eigenvalue weighted by atomic mass is 10.1. The molecule has 1 unspecified atom stereocenters. The highest BCUT2D eigenvalue weighted by molar-refractivity contribution is 14.1. The fraction of sp³-hybridized carbons (Fsp3) is 0.571. The zero-order valence-electron chi connectivity index (χ0n) is 11.1. The van der Waals surface area contributed by atoms with Crippen LogP contribution in [0.2, 0.25) is 0 Å². The molecular weight excluding hydrogens is 337 g/mol. The summed E-state index contributed by atoms with van der Waals surface area (Å²) in [6.45, 7) is 8.07. The van der Waals surface area contributed by atoms with Gasteiger partial charge in [0.1, 0.15) is 0 Å². The molecule has 0 bridgehead atoms. The Morgan fingerprint density at radius 1 is 1.50 bits per heavy atom. The van der Waals surface area contributed by atoms with Crippen LogP contribution in [0.5, 0.6) is 0 Å². The first-order valence-electron chi connectivity index (χ1n) is 6.59. The maximum absolute atomic E-state index is 5.76. The van der Waals surface area contributed by atoms with E-state index in [0.29, 0.717) is 6.04 Å². The normalized spacial score (nSPS) is 20.6. The van der Waals surface area contributed by atoms with E-state index < -0.39 is 0 Å². The van der Waals surface area contributed by atoms with Gasteiger partial charge in [0.05, 0.1) is 0 Å². The van der Waals surface area contributed by atoms with Gasteiger partial charge in [-0.25, -0.2) is 0 Å². The molecule has 3 N–H and O–H groups in total. The van der Waals surface area contributed by atoms with Gasteiger partial charge in [0.25, 0.3) is 0 Å². The lowest BCUT2D eigenvalue weighted by Gasteiger charge is -2.20. The predicted octanol–water partition coefficient (Wildman–Crippen LogP) is 3.02. The molecule has 0 spiro atoms. The number of nitrogens with zero attached hydrogens (tertiary/aromatic N) is 1. The zero-order valence-corrected chi connectivity index (χ0v) is 13.3. The van der Waals surface area contributed by atoms with Crippen LogP contribution in [0.4, 0.5) is 11.4 Å². The lowest BCUT2D eigenvalue weighted by Crippen LogP contribution is -2.29. The standard InChI is InChI=1S/C14H22IN3/c1-10(2)18-6-5-11(9-18)8-17-14-4-3-12(16)7-13(14)15/h3-4,7,10-11,17H,5-6,8-9,16H2,1-2H3. The molecule has 0 saturated carbocycles. The number of nitrogen functional groups attached to an aromatic ring is 1. The van der Waals surface area contributed by atoms with Gasteiger partial charge in [-0.15, -0.1) is 0 Å². The van der Waals surface area contributed by atoms with E-state index in [-0.39, 0.29) is 0 Å². The number of rotatable bonds is 4. The zero-order chi connectivity index (χ0) is 13.1. The highest BCUT2D eigenvalue weighted by atomic mass is 127. The number of benzene rings is 1. The summed E-state index contributed by atoms with van der Waals surface area (Å²) in [5.74, 6) is 0.765. The van der Waals surface area contributed by atoms with Crippen molar-refractivity contribution < 1.29 is 0 Å². The molecule has 3 nitrogen and oxygen atoms in total. The van der Waals surface area contributed by atoms with Crippen LogP contribution in [0.1, 0.15) is 20.3 Å². The summed E-state index contributed by atoms with van der Waals surface area (Å²) in [5, 5.41) is 3.55. The molecule has 1 aromatic rings. The third kappa shape index (κ3) is 3.51. The second-order valence-corrected chi connectivity index (χ2v) is 6.53. The van der Waals surface area contributed by atoms with Gasteiger partial charge in [0.2, 0.25) is 0 Å². The first-order chi connectivity index (χ1) is 8.56. The Morgan fingerprint density at radius 2 is 2.28 bits per heavy atom. The Balaban J connectivity index is 1.85. The molecule has 1 aliphatic rings. The average Bonchev–Trinajstić information content (AvgIpc) is 2.76. The van der Waals surface area contributed by atoms with Crippen molar-refractivity contribution in [1.29, 1.82) is 0 Å². The van der Waals surface area contributed by atoms with Crippen molar-refractivity contribution in [3.05, 3.63) is 21.8 Å². The topological polar surface area (TPSA) is 41.3 Å². The van der Waals surface area contributed by atoms with Crippen LogP contribution < -0.4 is 11.1 Å². The van der Waals surface area contributed by atoms with Gasteiger partial charge in [-0.2, -0.15) is 0 Å². The molecule has 1 aromatic carbocycles. The van der Waals surface area contributed by atoms with Crippen molar-refractivity contribution in [3.63, 3.8) is 0 Å². The van der Waals surface area contributed by atoms with Crippen molar-refractivity contribution in [2.24, 2.45) is 5.92 Å². The van der Waals surface area contributed by atoms with Crippen LogP contribution in [0.25, 0.3) is 0 Å². The van der Waals surface area contributed by atoms with Crippen molar-refractivity contribution >= 4 is 34.0 Å². The van der Waals surface area contributed by atoms with Crippen molar-refractivity contribution in [2.45, 2.75) is 26.3 Å². The van der Waals surface area contributed by atoms with Crippen LogP contribution >= 0.6 is 22.6 Å². The molecule has 0 aliphatic carbocycles. The van der Waals surface area contributed by atoms with Gasteiger partial charge in [0.15, 0.2) is 0 Å². The summed E-state index contributed by atoms with van der Waals surface area (Å²) < 4.78 is 1.20. The number of hydrogen-bond donors (Lipinski definition) is 2. The largest absolute Gasteiger partial charge is 0.399 e. The molecule has 0 radical (unpaired) electrons. The molecule has 1 saturated heterocycles. The summed E-state index contributed by atoms with van der Waals surface area (Å²) in [4.78, 5) is 2.56. The SMILES string of the molecule is CC(C)N1CCC(CNc2ccc(N)cc2I)C1. The summed E-state index contributed by atoms with van der Waals surface area (Å²) >= 11 is 2.33. The second-order valence-electron chi connectivity index (χ2n) is 5.36.